The average Bonchev–Trinajstić information content (AvgIpc) is 2.76. The maximum Gasteiger partial charge on any atom is 0.255 e. The molecule has 0 radical (unpaired) electrons. The van der Waals surface area contributed by atoms with E-state index in [0.717, 1.165) is 43.3 Å². The van der Waals surface area contributed by atoms with Gasteiger partial charge in [0.2, 0.25) is 0 Å². The topological polar surface area (TPSA) is 46.0 Å². The Balaban J connectivity index is 1.53. The fourth-order valence-electron chi connectivity index (χ4n) is 3.53. The minimum atomic E-state index is -0.197. The Bertz CT molecular complexity index is 1020. The summed E-state index contributed by atoms with van der Waals surface area (Å²) in [5, 5.41) is 3.63. The van der Waals surface area contributed by atoms with Crippen LogP contribution in [0.3, 0.4) is 0 Å². The minimum absolute atomic E-state index is 0.197. The summed E-state index contributed by atoms with van der Waals surface area (Å²) in [5.41, 5.74) is 2.25. The van der Waals surface area contributed by atoms with Crippen LogP contribution in [0.2, 0.25) is 5.02 Å². The molecule has 0 atom stereocenters. The van der Waals surface area contributed by atoms with Crippen LogP contribution in [-0.4, -0.2) is 39.1 Å². The number of anilines is 2. The van der Waals surface area contributed by atoms with Crippen LogP contribution in [-0.2, 0) is 0 Å². The number of halogens is 1. The molecule has 0 spiro atoms. The average molecular weight is 423 g/mol. The Morgan fingerprint density at radius 1 is 0.967 bits per heavy atom. The molecule has 30 heavy (non-hydrogen) atoms. The number of quaternary nitrogens is 1. The van der Waals surface area contributed by atoms with Gasteiger partial charge in [0, 0.05) is 10.6 Å². The van der Waals surface area contributed by atoms with Crippen LogP contribution >= 0.6 is 11.6 Å². The predicted molar refractivity (Wildman–Crippen MR) is 121 cm³/mol. The van der Waals surface area contributed by atoms with Crippen LogP contribution in [0.1, 0.15) is 10.4 Å². The molecule has 6 heteroatoms. The van der Waals surface area contributed by atoms with Gasteiger partial charge in [-0.15, -0.1) is 0 Å². The van der Waals surface area contributed by atoms with Crippen molar-refractivity contribution >= 4 is 28.9 Å². The lowest BCUT2D eigenvalue weighted by molar-refractivity contribution is -0.880. The number of rotatable bonds is 5. The van der Waals surface area contributed by atoms with Crippen LogP contribution in [0.4, 0.5) is 11.4 Å². The highest BCUT2D eigenvalue weighted by Gasteiger charge is 2.20. The Morgan fingerprint density at radius 3 is 2.47 bits per heavy atom. The van der Waals surface area contributed by atoms with Gasteiger partial charge in [0.25, 0.3) is 5.91 Å². The molecular weight excluding hydrogens is 398 g/mol. The van der Waals surface area contributed by atoms with Crippen molar-refractivity contribution in [3.63, 3.8) is 0 Å². The van der Waals surface area contributed by atoms with Crippen molar-refractivity contribution in [3.8, 4) is 11.5 Å². The van der Waals surface area contributed by atoms with Crippen LogP contribution < -0.4 is 19.9 Å². The predicted octanol–water partition coefficient (Wildman–Crippen LogP) is 3.72. The van der Waals surface area contributed by atoms with E-state index in [-0.39, 0.29) is 5.91 Å². The van der Waals surface area contributed by atoms with E-state index in [9.17, 15) is 4.79 Å². The summed E-state index contributed by atoms with van der Waals surface area (Å²) in [7, 11) is 2.20. The van der Waals surface area contributed by atoms with E-state index >= 15 is 0 Å². The Kier molecular flexibility index (Phi) is 6.21. The van der Waals surface area contributed by atoms with Gasteiger partial charge in [0.1, 0.15) is 11.5 Å². The summed E-state index contributed by atoms with van der Waals surface area (Å²) in [6.07, 6.45) is 0. The van der Waals surface area contributed by atoms with E-state index in [0.29, 0.717) is 16.3 Å². The second-order valence-corrected chi connectivity index (χ2v) is 7.94. The van der Waals surface area contributed by atoms with Gasteiger partial charge in [-0.2, -0.15) is 0 Å². The maximum absolute atomic E-state index is 13.0. The number of likely N-dealkylation sites (N-methyl/N-ethyl adjacent to an activating group) is 1. The first kappa shape index (κ1) is 20.3. The van der Waals surface area contributed by atoms with Crippen LogP contribution in [0.25, 0.3) is 0 Å². The largest absolute Gasteiger partial charge is 0.457 e. The van der Waals surface area contributed by atoms with Gasteiger partial charge in [0.05, 0.1) is 44.6 Å². The number of para-hydroxylation sites is 1. The van der Waals surface area contributed by atoms with Gasteiger partial charge in [-0.3, -0.25) is 4.79 Å². The van der Waals surface area contributed by atoms with Crippen molar-refractivity contribution in [2.75, 3.05) is 43.4 Å². The highest BCUT2D eigenvalue weighted by molar-refractivity contribution is 6.31. The number of hydrogen-bond donors (Lipinski definition) is 2. The smallest absolute Gasteiger partial charge is 0.255 e. The molecule has 0 unspecified atom stereocenters. The zero-order valence-electron chi connectivity index (χ0n) is 16.9. The van der Waals surface area contributed by atoms with Crippen LogP contribution in [0.15, 0.2) is 72.8 Å². The highest BCUT2D eigenvalue weighted by atomic mass is 35.5. The zero-order valence-corrected chi connectivity index (χ0v) is 17.7. The molecule has 0 aliphatic carbocycles. The van der Waals surface area contributed by atoms with Gasteiger partial charge in [-0.05, 0) is 48.5 Å². The number of nitrogens with one attached hydrogen (secondary N) is 2. The van der Waals surface area contributed by atoms with Crippen molar-refractivity contribution in [1.29, 1.82) is 0 Å². The molecule has 4 rings (SSSR count). The van der Waals surface area contributed by atoms with Crippen LogP contribution in [0, 0.1) is 0 Å². The molecule has 154 valence electrons. The molecule has 0 saturated carbocycles. The van der Waals surface area contributed by atoms with E-state index in [4.69, 9.17) is 16.3 Å². The van der Waals surface area contributed by atoms with E-state index in [1.54, 1.807) is 12.1 Å². The van der Waals surface area contributed by atoms with Crippen LogP contribution in [0.5, 0.6) is 11.5 Å². The lowest BCUT2D eigenvalue weighted by Crippen LogP contribution is -3.12. The first-order valence-electron chi connectivity index (χ1n) is 10.1. The Hall–Kier alpha value is -3.02. The molecule has 1 aliphatic rings. The van der Waals surface area contributed by atoms with Crippen molar-refractivity contribution in [1.82, 2.24) is 0 Å². The summed E-state index contributed by atoms with van der Waals surface area (Å²) >= 11 is 6.23. The molecule has 0 aromatic heterocycles. The monoisotopic (exact) mass is 422 g/mol. The molecule has 1 heterocycles. The first-order valence-corrected chi connectivity index (χ1v) is 10.5. The molecule has 1 aliphatic heterocycles. The molecule has 3 aromatic rings. The Morgan fingerprint density at radius 2 is 1.70 bits per heavy atom. The third kappa shape index (κ3) is 4.93. The van der Waals surface area contributed by atoms with Gasteiger partial charge < -0.3 is 19.9 Å². The van der Waals surface area contributed by atoms with Gasteiger partial charge in [-0.1, -0.05) is 35.9 Å². The van der Waals surface area contributed by atoms with Crippen molar-refractivity contribution < 1.29 is 14.4 Å². The van der Waals surface area contributed by atoms with E-state index in [2.05, 4.69) is 17.3 Å². The first-order chi connectivity index (χ1) is 14.6. The second kappa shape index (κ2) is 9.20. The van der Waals surface area contributed by atoms with Crippen molar-refractivity contribution in [3.05, 3.63) is 83.4 Å². The van der Waals surface area contributed by atoms with Crippen molar-refractivity contribution in [2.24, 2.45) is 0 Å². The number of ether oxygens (including phenoxy) is 1. The fourth-order valence-corrected chi connectivity index (χ4v) is 3.71. The molecule has 1 amide bonds. The molecule has 3 aromatic carbocycles. The SMILES string of the molecule is C[NH+]1CCN(c2ccc(Cl)cc2NC(=O)c2cccc(Oc3ccccc3)c2)CC1. The third-order valence-corrected chi connectivity index (χ3v) is 5.47. The number of nitrogens with zero attached hydrogens (tertiary/aromatic N) is 1. The second-order valence-electron chi connectivity index (χ2n) is 7.50. The molecule has 2 N–H and O–H groups in total. The molecule has 1 saturated heterocycles. The third-order valence-electron chi connectivity index (χ3n) is 5.24. The number of hydrogen-bond acceptors (Lipinski definition) is 3. The van der Waals surface area contributed by atoms with Gasteiger partial charge in [0.15, 0.2) is 0 Å². The highest BCUT2D eigenvalue weighted by Crippen LogP contribution is 2.30. The number of benzene rings is 3. The summed E-state index contributed by atoms with van der Waals surface area (Å²) in [5.74, 6) is 1.14. The lowest BCUT2D eigenvalue weighted by Gasteiger charge is -2.33. The molecule has 5 nitrogen and oxygen atoms in total. The quantitative estimate of drug-likeness (QED) is 0.658. The number of carbonyl (C=O) groups is 1. The molecule has 0 bridgehead atoms. The van der Waals surface area contributed by atoms with Gasteiger partial charge in [-0.25, -0.2) is 0 Å². The number of piperazine rings is 1. The van der Waals surface area contributed by atoms with E-state index in [1.807, 2.05) is 60.7 Å². The summed E-state index contributed by atoms with van der Waals surface area (Å²) < 4.78 is 5.86. The summed E-state index contributed by atoms with van der Waals surface area (Å²) in [4.78, 5) is 16.8. The van der Waals surface area contributed by atoms with E-state index < -0.39 is 0 Å². The van der Waals surface area contributed by atoms with E-state index in [1.165, 1.54) is 4.90 Å². The maximum atomic E-state index is 13.0. The van der Waals surface area contributed by atoms with Crippen molar-refractivity contribution in [2.45, 2.75) is 0 Å². The lowest BCUT2D eigenvalue weighted by atomic mass is 10.1. The summed E-state index contributed by atoms with van der Waals surface area (Å²) in [6, 6.07) is 22.3. The normalized spacial score (nSPS) is 14.4. The summed E-state index contributed by atoms with van der Waals surface area (Å²) in [6.45, 7) is 4.01. The fraction of sp³-hybridized carbons (Fsp3) is 0.208. The molecule has 1 fully saturated rings. The Labute approximate surface area is 181 Å². The minimum Gasteiger partial charge on any atom is -0.457 e. The number of amides is 1. The standard InChI is InChI=1S/C24H24ClN3O2/c1-27-12-14-28(15-13-27)23-11-10-19(25)17-22(23)26-24(29)18-6-5-9-21(16-18)30-20-7-3-2-4-8-20/h2-11,16-17H,12-15H2,1H3,(H,26,29)/p+1. The number of carbonyl (C=O) groups excluding carboxylic acids is 1. The van der Waals surface area contributed by atoms with Gasteiger partial charge >= 0.3 is 0 Å². The zero-order chi connectivity index (χ0) is 20.9. The molecular formula is C24H25ClN3O2+.